The average Bonchev–Trinajstić information content (AvgIpc) is 2.84. The lowest BCUT2D eigenvalue weighted by atomic mass is 9.78. The smallest absolute Gasteiger partial charge is 0.337 e. The predicted octanol–water partition coefficient (Wildman–Crippen LogP) is 0.339. The summed E-state index contributed by atoms with van der Waals surface area (Å²) in [5.74, 6) is -2.23. The fourth-order valence-electron chi connectivity index (χ4n) is 3.43. The van der Waals surface area contributed by atoms with Gasteiger partial charge in [0.25, 0.3) is 0 Å². The number of aromatic carboxylic acids is 1. The summed E-state index contributed by atoms with van der Waals surface area (Å²) in [5, 5.41) is 21.1. The van der Waals surface area contributed by atoms with E-state index in [4.69, 9.17) is 5.11 Å². The van der Waals surface area contributed by atoms with Crippen LogP contribution in [0.3, 0.4) is 0 Å². The van der Waals surface area contributed by atoms with Gasteiger partial charge in [-0.15, -0.1) is 0 Å². The van der Waals surface area contributed by atoms with Crippen LogP contribution in [-0.4, -0.2) is 51.7 Å². The second-order valence-electron chi connectivity index (χ2n) is 6.00. The molecule has 2 aliphatic rings. The molecule has 3 N–H and O–H groups in total. The van der Waals surface area contributed by atoms with Gasteiger partial charge in [0.15, 0.2) is 0 Å². The van der Waals surface area contributed by atoms with Gasteiger partial charge in [-0.3, -0.25) is 9.59 Å². The Hall–Kier alpha value is -2.64. The summed E-state index contributed by atoms with van der Waals surface area (Å²) in [6, 6.07) is 3.13. The normalized spacial score (nSPS) is 22.9. The number of piperidine rings is 1. The molecule has 3 heterocycles. The molecule has 1 aromatic heterocycles. The Labute approximate surface area is 132 Å². The molecule has 1 spiro atoms. The summed E-state index contributed by atoms with van der Waals surface area (Å²) in [6.07, 6.45) is 2.39. The molecule has 0 aliphatic carbocycles. The van der Waals surface area contributed by atoms with Crippen LogP contribution in [0.1, 0.15) is 29.6 Å². The van der Waals surface area contributed by atoms with Crippen molar-refractivity contribution in [1.29, 1.82) is 0 Å². The monoisotopic (exact) mass is 319 g/mol. The molecule has 0 saturated carbocycles. The van der Waals surface area contributed by atoms with Gasteiger partial charge in [0, 0.05) is 25.7 Å². The van der Waals surface area contributed by atoms with Gasteiger partial charge in [-0.25, -0.2) is 9.78 Å². The fourth-order valence-corrected chi connectivity index (χ4v) is 3.43. The van der Waals surface area contributed by atoms with E-state index in [1.54, 1.807) is 6.07 Å². The third-order valence-corrected chi connectivity index (χ3v) is 4.72. The van der Waals surface area contributed by atoms with Gasteiger partial charge in [0.05, 0.1) is 17.0 Å². The predicted molar refractivity (Wildman–Crippen MR) is 79.3 cm³/mol. The largest absolute Gasteiger partial charge is 0.481 e. The SMILES string of the molecule is O=C1CC(C(=O)O)C2(CCN(c3ccc(C(=O)O)cn3)CC2)N1. The number of amides is 1. The fraction of sp³-hybridized carbons (Fsp3) is 0.467. The van der Waals surface area contributed by atoms with Crippen molar-refractivity contribution in [2.75, 3.05) is 18.0 Å². The summed E-state index contributed by atoms with van der Waals surface area (Å²) >= 11 is 0. The molecule has 1 aromatic rings. The molecule has 122 valence electrons. The van der Waals surface area contributed by atoms with E-state index in [0.29, 0.717) is 31.7 Å². The summed E-state index contributed by atoms with van der Waals surface area (Å²) in [7, 11) is 0. The lowest BCUT2D eigenvalue weighted by molar-refractivity contribution is -0.144. The molecule has 23 heavy (non-hydrogen) atoms. The van der Waals surface area contributed by atoms with Crippen LogP contribution in [0.25, 0.3) is 0 Å². The summed E-state index contributed by atoms with van der Waals surface area (Å²) in [4.78, 5) is 40.0. The molecule has 1 amide bonds. The van der Waals surface area contributed by atoms with Crippen molar-refractivity contribution in [2.45, 2.75) is 24.8 Å². The number of aliphatic carboxylic acids is 1. The number of nitrogens with zero attached hydrogens (tertiary/aromatic N) is 2. The van der Waals surface area contributed by atoms with Gasteiger partial charge in [-0.05, 0) is 25.0 Å². The third kappa shape index (κ3) is 2.71. The van der Waals surface area contributed by atoms with Crippen molar-refractivity contribution < 1.29 is 24.6 Å². The zero-order chi connectivity index (χ0) is 16.6. The molecule has 1 atom stereocenters. The Bertz CT molecular complexity index is 650. The van der Waals surface area contributed by atoms with Crippen LogP contribution in [0.5, 0.6) is 0 Å². The Kier molecular flexibility index (Phi) is 3.67. The lowest BCUT2D eigenvalue weighted by Crippen LogP contribution is -2.55. The first-order valence-electron chi connectivity index (χ1n) is 7.39. The number of aromatic nitrogens is 1. The van der Waals surface area contributed by atoms with Gasteiger partial charge in [0.1, 0.15) is 5.82 Å². The highest BCUT2D eigenvalue weighted by Crippen LogP contribution is 2.37. The number of hydrogen-bond acceptors (Lipinski definition) is 5. The van der Waals surface area contributed by atoms with E-state index < -0.39 is 23.4 Å². The standard InChI is InChI=1S/C15H17N3O5/c19-12-7-10(14(22)23)15(17-12)3-5-18(6-4-15)11-2-1-9(8-16-11)13(20)21/h1-2,8,10H,3-7H2,(H,17,19)(H,20,21)(H,22,23). The lowest BCUT2D eigenvalue weighted by Gasteiger charge is -2.41. The molecule has 3 rings (SSSR count). The number of rotatable bonds is 3. The van der Waals surface area contributed by atoms with Crippen molar-refractivity contribution in [2.24, 2.45) is 5.92 Å². The van der Waals surface area contributed by atoms with Crippen LogP contribution >= 0.6 is 0 Å². The maximum atomic E-state index is 11.6. The maximum absolute atomic E-state index is 11.6. The van der Waals surface area contributed by atoms with E-state index >= 15 is 0 Å². The highest BCUT2D eigenvalue weighted by molar-refractivity contribution is 5.88. The quantitative estimate of drug-likeness (QED) is 0.734. The van der Waals surface area contributed by atoms with Crippen LogP contribution in [0.15, 0.2) is 18.3 Å². The first kappa shape index (κ1) is 15.3. The number of hydrogen-bond donors (Lipinski definition) is 3. The minimum atomic E-state index is -1.03. The highest BCUT2D eigenvalue weighted by atomic mass is 16.4. The van der Waals surface area contributed by atoms with E-state index in [0.717, 1.165) is 0 Å². The van der Waals surface area contributed by atoms with Crippen LogP contribution in [0, 0.1) is 5.92 Å². The first-order chi connectivity index (χ1) is 10.9. The Morgan fingerprint density at radius 2 is 1.96 bits per heavy atom. The Morgan fingerprint density at radius 3 is 2.48 bits per heavy atom. The van der Waals surface area contributed by atoms with Crippen molar-refractivity contribution in [3.05, 3.63) is 23.9 Å². The van der Waals surface area contributed by atoms with Gasteiger partial charge in [-0.2, -0.15) is 0 Å². The molecule has 0 radical (unpaired) electrons. The van der Waals surface area contributed by atoms with E-state index in [-0.39, 0.29) is 17.9 Å². The van der Waals surface area contributed by atoms with Gasteiger partial charge in [0.2, 0.25) is 5.91 Å². The number of carbonyl (C=O) groups is 3. The summed E-state index contributed by atoms with van der Waals surface area (Å²) in [5.41, 5.74) is -0.559. The number of nitrogens with one attached hydrogen (secondary N) is 1. The minimum absolute atomic E-state index is 0.0287. The molecule has 2 fully saturated rings. The maximum Gasteiger partial charge on any atom is 0.337 e. The second kappa shape index (κ2) is 5.53. The summed E-state index contributed by atoms with van der Waals surface area (Å²) in [6.45, 7) is 1.12. The number of anilines is 1. The zero-order valence-corrected chi connectivity index (χ0v) is 12.4. The average molecular weight is 319 g/mol. The molecular formula is C15H17N3O5. The minimum Gasteiger partial charge on any atom is -0.481 e. The van der Waals surface area contributed by atoms with E-state index in [2.05, 4.69) is 10.3 Å². The van der Waals surface area contributed by atoms with Crippen LogP contribution < -0.4 is 10.2 Å². The van der Waals surface area contributed by atoms with Crippen LogP contribution in [-0.2, 0) is 9.59 Å². The number of carboxylic acids is 2. The van der Waals surface area contributed by atoms with Crippen molar-refractivity contribution >= 4 is 23.7 Å². The molecule has 0 aromatic carbocycles. The number of carbonyl (C=O) groups excluding carboxylic acids is 1. The molecule has 2 aliphatic heterocycles. The third-order valence-electron chi connectivity index (χ3n) is 4.72. The molecule has 0 bridgehead atoms. The number of pyridine rings is 1. The molecule has 8 heteroatoms. The van der Waals surface area contributed by atoms with Gasteiger partial charge < -0.3 is 20.4 Å². The topological polar surface area (TPSA) is 120 Å². The molecule has 1 unspecified atom stereocenters. The van der Waals surface area contributed by atoms with Crippen LogP contribution in [0.2, 0.25) is 0 Å². The van der Waals surface area contributed by atoms with Crippen LogP contribution in [0.4, 0.5) is 5.82 Å². The van der Waals surface area contributed by atoms with Crippen molar-refractivity contribution in [3.8, 4) is 0 Å². The zero-order valence-electron chi connectivity index (χ0n) is 12.4. The van der Waals surface area contributed by atoms with E-state index in [1.807, 2.05) is 4.90 Å². The van der Waals surface area contributed by atoms with E-state index in [9.17, 15) is 19.5 Å². The van der Waals surface area contributed by atoms with Crippen molar-refractivity contribution in [1.82, 2.24) is 10.3 Å². The molecular weight excluding hydrogens is 302 g/mol. The highest BCUT2D eigenvalue weighted by Gasteiger charge is 2.51. The Balaban J connectivity index is 1.71. The molecule has 8 nitrogen and oxygen atoms in total. The number of carboxylic acid groups (broad SMARTS) is 2. The van der Waals surface area contributed by atoms with Crippen molar-refractivity contribution in [3.63, 3.8) is 0 Å². The van der Waals surface area contributed by atoms with Gasteiger partial charge >= 0.3 is 11.9 Å². The van der Waals surface area contributed by atoms with E-state index in [1.165, 1.54) is 12.3 Å². The van der Waals surface area contributed by atoms with Gasteiger partial charge in [-0.1, -0.05) is 0 Å². The summed E-state index contributed by atoms with van der Waals surface area (Å²) < 4.78 is 0. The molecule has 2 saturated heterocycles. The first-order valence-corrected chi connectivity index (χ1v) is 7.39. The second-order valence-corrected chi connectivity index (χ2v) is 6.00. The Morgan fingerprint density at radius 1 is 1.26 bits per heavy atom.